The maximum Gasteiger partial charge on any atom is 0.321 e. The van der Waals surface area contributed by atoms with Crippen molar-refractivity contribution in [2.75, 3.05) is 18.4 Å². The zero-order valence-corrected chi connectivity index (χ0v) is 14.6. The third-order valence-corrected chi connectivity index (χ3v) is 5.10. The van der Waals surface area contributed by atoms with Crippen molar-refractivity contribution < 1.29 is 4.79 Å². The minimum absolute atomic E-state index is 0.0366. The third-order valence-electron chi connectivity index (χ3n) is 5.10. The molecule has 0 aliphatic carbocycles. The summed E-state index contributed by atoms with van der Waals surface area (Å²) in [6.45, 7) is 3.53. The first-order valence-corrected chi connectivity index (χ1v) is 8.66. The number of carbonyl (C=O) groups is 1. The second kappa shape index (κ2) is 6.24. The van der Waals surface area contributed by atoms with Gasteiger partial charge in [0.2, 0.25) is 0 Å². The molecule has 2 aromatic carbocycles. The average molecular weight is 334 g/mol. The van der Waals surface area contributed by atoms with E-state index >= 15 is 0 Å². The number of hydrogen-bond donors (Lipinski definition) is 1. The Kier molecular flexibility index (Phi) is 3.92. The van der Waals surface area contributed by atoms with E-state index in [1.165, 1.54) is 5.56 Å². The van der Waals surface area contributed by atoms with Gasteiger partial charge in [0.05, 0.1) is 11.0 Å². The first-order chi connectivity index (χ1) is 12.1. The highest BCUT2D eigenvalue weighted by Gasteiger charge is 2.27. The molecule has 2 amide bonds. The van der Waals surface area contributed by atoms with Crippen molar-refractivity contribution in [3.05, 3.63) is 59.9 Å². The van der Waals surface area contributed by atoms with E-state index in [1.807, 2.05) is 47.7 Å². The SMILES string of the molecule is Cc1nc2cc(NC(=O)N3CC[C@H](c4ccccc4)C3)ccc2n1C. The molecule has 5 nitrogen and oxygen atoms in total. The molecule has 1 atom stereocenters. The van der Waals surface area contributed by atoms with Crippen LogP contribution in [-0.4, -0.2) is 33.6 Å². The maximum absolute atomic E-state index is 12.6. The van der Waals surface area contributed by atoms with Gasteiger partial charge in [-0.3, -0.25) is 0 Å². The van der Waals surface area contributed by atoms with Crippen LogP contribution >= 0.6 is 0 Å². The summed E-state index contributed by atoms with van der Waals surface area (Å²) in [6, 6.07) is 16.3. The highest BCUT2D eigenvalue weighted by molar-refractivity contribution is 5.92. The maximum atomic E-state index is 12.6. The van der Waals surface area contributed by atoms with Crippen LogP contribution in [0.3, 0.4) is 0 Å². The van der Waals surface area contributed by atoms with Crippen LogP contribution in [0.5, 0.6) is 0 Å². The zero-order chi connectivity index (χ0) is 17.4. The number of hydrogen-bond acceptors (Lipinski definition) is 2. The van der Waals surface area contributed by atoms with Gasteiger partial charge in [-0.2, -0.15) is 0 Å². The molecule has 1 fully saturated rings. The van der Waals surface area contributed by atoms with Crippen LogP contribution in [0.25, 0.3) is 11.0 Å². The molecule has 0 saturated carbocycles. The summed E-state index contributed by atoms with van der Waals surface area (Å²) in [6.07, 6.45) is 1.01. The minimum Gasteiger partial charge on any atom is -0.331 e. The molecule has 0 unspecified atom stereocenters. The van der Waals surface area contributed by atoms with Gasteiger partial charge in [0, 0.05) is 31.7 Å². The molecule has 5 heteroatoms. The van der Waals surface area contributed by atoms with Gasteiger partial charge in [-0.1, -0.05) is 30.3 Å². The van der Waals surface area contributed by atoms with E-state index in [9.17, 15) is 4.79 Å². The van der Waals surface area contributed by atoms with Crippen molar-refractivity contribution in [2.45, 2.75) is 19.3 Å². The van der Waals surface area contributed by atoms with Gasteiger partial charge >= 0.3 is 6.03 Å². The lowest BCUT2D eigenvalue weighted by atomic mass is 9.99. The number of imidazole rings is 1. The number of nitrogens with one attached hydrogen (secondary N) is 1. The lowest BCUT2D eigenvalue weighted by Gasteiger charge is -2.17. The monoisotopic (exact) mass is 334 g/mol. The van der Waals surface area contributed by atoms with E-state index in [0.29, 0.717) is 5.92 Å². The largest absolute Gasteiger partial charge is 0.331 e. The van der Waals surface area contributed by atoms with E-state index in [0.717, 1.165) is 42.1 Å². The minimum atomic E-state index is -0.0366. The number of fused-ring (bicyclic) bond motifs is 1. The molecule has 1 aromatic heterocycles. The molecule has 1 aliphatic heterocycles. The molecule has 25 heavy (non-hydrogen) atoms. The molecule has 1 saturated heterocycles. The predicted molar refractivity (Wildman–Crippen MR) is 99.8 cm³/mol. The summed E-state index contributed by atoms with van der Waals surface area (Å²) in [5.41, 5.74) is 4.07. The summed E-state index contributed by atoms with van der Waals surface area (Å²) in [7, 11) is 2.00. The van der Waals surface area contributed by atoms with Gasteiger partial charge in [-0.05, 0) is 37.1 Å². The molecule has 1 N–H and O–H groups in total. The summed E-state index contributed by atoms with van der Waals surface area (Å²) < 4.78 is 2.05. The first-order valence-electron chi connectivity index (χ1n) is 8.66. The number of nitrogens with zero attached hydrogens (tertiary/aromatic N) is 3. The van der Waals surface area contributed by atoms with Crippen LogP contribution in [0.4, 0.5) is 10.5 Å². The number of aryl methyl sites for hydroxylation is 2. The van der Waals surface area contributed by atoms with Crippen LogP contribution in [0.15, 0.2) is 48.5 Å². The van der Waals surface area contributed by atoms with Crippen LogP contribution in [0.1, 0.15) is 23.7 Å². The van der Waals surface area contributed by atoms with Crippen molar-refractivity contribution in [1.82, 2.24) is 14.5 Å². The Balaban J connectivity index is 1.45. The highest BCUT2D eigenvalue weighted by Crippen LogP contribution is 2.27. The number of rotatable bonds is 2. The number of benzene rings is 2. The molecule has 2 heterocycles. The standard InChI is InChI=1S/C20H22N4O/c1-14-21-18-12-17(8-9-19(18)23(14)2)22-20(25)24-11-10-16(13-24)15-6-4-3-5-7-15/h3-9,12,16H,10-11,13H2,1-2H3,(H,22,25)/t16-/m0/s1. The Morgan fingerprint density at radius 3 is 2.80 bits per heavy atom. The number of aromatic nitrogens is 2. The van der Waals surface area contributed by atoms with Gasteiger partial charge in [0.15, 0.2) is 0 Å². The average Bonchev–Trinajstić information content (AvgIpc) is 3.22. The summed E-state index contributed by atoms with van der Waals surface area (Å²) in [5.74, 6) is 1.39. The topological polar surface area (TPSA) is 50.2 Å². The van der Waals surface area contributed by atoms with Crippen molar-refractivity contribution in [2.24, 2.45) is 7.05 Å². The molecule has 0 spiro atoms. The second-order valence-corrected chi connectivity index (χ2v) is 6.69. The Morgan fingerprint density at radius 1 is 1.20 bits per heavy atom. The van der Waals surface area contributed by atoms with Crippen molar-refractivity contribution >= 4 is 22.8 Å². The van der Waals surface area contributed by atoms with Crippen molar-refractivity contribution in [3.8, 4) is 0 Å². The fraction of sp³-hybridized carbons (Fsp3) is 0.300. The molecule has 4 rings (SSSR count). The van der Waals surface area contributed by atoms with E-state index in [-0.39, 0.29) is 6.03 Å². The molecule has 1 aliphatic rings. The second-order valence-electron chi connectivity index (χ2n) is 6.69. The molecule has 0 bridgehead atoms. The molecular weight excluding hydrogens is 312 g/mol. The lowest BCUT2D eigenvalue weighted by molar-refractivity contribution is 0.222. The Bertz CT molecular complexity index is 916. The van der Waals surface area contributed by atoms with Gasteiger partial charge in [0.1, 0.15) is 5.82 Å². The van der Waals surface area contributed by atoms with E-state index in [4.69, 9.17) is 0 Å². The summed E-state index contributed by atoms with van der Waals surface area (Å²) in [4.78, 5) is 19.0. The number of likely N-dealkylation sites (tertiary alicyclic amines) is 1. The van der Waals surface area contributed by atoms with Crippen LogP contribution in [-0.2, 0) is 7.05 Å². The Morgan fingerprint density at radius 2 is 2.00 bits per heavy atom. The summed E-state index contributed by atoms with van der Waals surface area (Å²) in [5, 5.41) is 3.01. The first kappa shape index (κ1) is 15.7. The Hall–Kier alpha value is -2.82. The fourth-order valence-corrected chi connectivity index (χ4v) is 3.54. The third kappa shape index (κ3) is 2.97. The zero-order valence-electron chi connectivity index (χ0n) is 14.6. The Labute approximate surface area is 147 Å². The van der Waals surface area contributed by atoms with E-state index in [2.05, 4.69) is 34.6 Å². The molecule has 0 radical (unpaired) electrons. The highest BCUT2D eigenvalue weighted by atomic mass is 16.2. The van der Waals surface area contributed by atoms with E-state index < -0.39 is 0 Å². The lowest BCUT2D eigenvalue weighted by Crippen LogP contribution is -2.32. The quantitative estimate of drug-likeness (QED) is 0.772. The van der Waals surface area contributed by atoms with Crippen molar-refractivity contribution in [3.63, 3.8) is 0 Å². The number of anilines is 1. The number of carbonyl (C=O) groups excluding carboxylic acids is 1. The molecular formula is C20H22N4O. The smallest absolute Gasteiger partial charge is 0.321 e. The molecule has 128 valence electrons. The number of urea groups is 1. The van der Waals surface area contributed by atoms with Gasteiger partial charge in [-0.25, -0.2) is 9.78 Å². The van der Waals surface area contributed by atoms with E-state index in [1.54, 1.807) is 0 Å². The molecule has 3 aromatic rings. The fourth-order valence-electron chi connectivity index (χ4n) is 3.54. The normalized spacial score (nSPS) is 17.2. The summed E-state index contributed by atoms with van der Waals surface area (Å²) >= 11 is 0. The van der Waals surface area contributed by atoms with Gasteiger partial charge < -0.3 is 14.8 Å². The van der Waals surface area contributed by atoms with Gasteiger partial charge in [0.25, 0.3) is 0 Å². The van der Waals surface area contributed by atoms with Crippen LogP contribution in [0, 0.1) is 6.92 Å². The van der Waals surface area contributed by atoms with Crippen molar-refractivity contribution in [1.29, 1.82) is 0 Å². The number of amides is 2. The predicted octanol–water partition coefficient (Wildman–Crippen LogP) is 3.90. The van der Waals surface area contributed by atoms with Crippen LogP contribution < -0.4 is 5.32 Å². The van der Waals surface area contributed by atoms with Gasteiger partial charge in [-0.15, -0.1) is 0 Å². The van der Waals surface area contributed by atoms with Crippen LogP contribution in [0.2, 0.25) is 0 Å².